The molecule has 1 aromatic carbocycles. The normalized spacial score (nSPS) is 10.8. The van der Waals surface area contributed by atoms with Crippen LogP contribution in [0.5, 0.6) is 0 Å². The molecule has 4 N–H and O–H groups in total. The van der Waals surface area contributed by atoms with Crippen molar-refractivity contribution in [3.05, 3.63) is 40.8 Å². The largest absolute Gasteiger partial charge is 0.399 e. The molecule has 0 radical (unpaired) electrons. The van der Waals surface area contributed by atoms with Gasteiger partial charge in [-0.15, -0.1) is 0 Å². The van der Waals surface area contributed by atoms with Crippen molar-refractivity contribution >= 4 is 40.0 Å². The predicted octanol–water partition coefficient (Wildman–Crippen LogP) is 2.15. The number of nitrogens with one attached hydrogen (secondary N) is 2. The number of carbonyl (C=O) groups is 1. The van der Waals surface area contributed by atoms with Crippen molar-refractivity contribution in [1.29, 1.82) is 0 Å². The number of fused-ring (bicyclic) bond motifs is 1. The minimum Gasteiger partial charge on any atom is -0.399 e. The van der Waals surface area contributed by atoms with Gasteiger partial charge in [-0.05, 0) is 31.2 Å². The third kappa shape index (κ3) is 2.63. The van der Waals surface area contributed by atoms with Crippen molar-refractivity contribution in [2.45, 2.75) is 6.92 Å². The van der Waals surface area contributed by atoms with Crippen LogP contribution in [0.25, 0.3) is 10.9 Å². The van der Waals surface area contributed by atoms with Gasteiger partial charge >= 0.3 is 0 Å². The number of anilines is 2. The van der Waals surface area contributed by atoms with Crippen LogP contribution in [0.4, 0.5) is 11.6 Å². The summed E-state index contributed by atoms with van der Waals surface area (Å²) < 4.78 is 0. The maximum atomic E-state index is 12.3. The summed E-state index contributed by atoms with van der Waals surface area (Å²) >= 11 is 5.83. The lowest BCUT2D eigenvalue weighted by atomic mass is 10.2. The molecule has 106 valence electrons. The number of aryl methyl sites for hydroxylation is 1. The molecule has 0 atom stereocenters. The predicted molar refractivity (Wildman–Crippen MR) is 80.2 cm³/mol. The molecule has 3 rings (SSSR count). The van der Waals surface area contributed by atoms with Gasteiger partial charge in [-0.2, -0.15) is 5.10 Å². The third-order valence-electron chi connectivity index (χ3n) is 2.85. The van der Waals surface area contributed by atoms with E-state index in [4.69, 9.17) is 17.3 Å². The van der Waals surface area contributed by atoms with Crippen LogP contribution in [0.15, 0.2) is 24.3 Å². The first-order chi connectivity index (χ1) is 10.0. The number of aromatic nitrogens is 4. The number of amides is 1. The van der Waals surface area contributed by atoms with Gasteiger partial charge in [-0.1, -0.05) is 11.6 Å². The monoisotopic (exact) mass is 302 g/mol. The summed E-state index contributed by atoms with van der Waals surface area (Å²) in [4.78, 5) is 20.3. The maximum absolute atomic E-state index is 12.3. The van der Waals surface area contributed by atoms with Crippen molar-refractivity contribution in [2.75, 3.05) is 11.1 Å². The fraction of sp³-hybridized carbons (Fsp3) is 0.0769. The molecule has 0 unspecified atom stereocenters. The molecule has 0 saturated heterocycles. The summed E-state index contributed by atoms with van der Waals surface area (Å²) in [6, 6.07) is 6.76. The standard InChI is InChI=1S/C13H11ClN6O/c1-6-4-10(14)17-13(16-6)18-12(21)11-8-5-7(15)2-3-9(8)19-20-11/h2-5H,15H2,1H3,(H,19,20)(H,16,17,18,21). The van der Waals surface area contributed by atoms with Crippen molar-refractivity contribution in [3.8, 4) is 0 Å². The molecule has 0 fully saturated rings. The quantitative estimate of drug-likeness (QED) is 0.496. The highest BCUT2D eigenvalue weighted by Crippen LogP contribution is 2.20. The number of hydrogen-bond acceptors (Lipinski definition) is 5. The zero-order valence-corrected chi connectivity index (χ0v) is 11.8. The van der Waals surface area contributed by atoms with Crippen molar-refractivity contribution in [3.63, 3.8) is 0 Å². The molecule has 3 aromatic rings. The molecule has 0 spiro atoms. The lowest BCUT2D eigenvalue weighted by Crippen LogP contribution is -2.15. The Bertz CT molecular complexity index is 824. The molecule has 7 nitrogen and oxygen atoms in total. The molecular formula is C13H11ClN6O. The van der Waals surface area contributed by atoms with Crippen molar-refractivity contribution in [2.24, 2.45) is 0 Å². The number of H-pyrrole nitrogens is 1. The van der Waals surface area contributed by atoms with Crippen LogP contribution in [0.3, 0.4) is 0 Å². The van der Waals surface area contributed by atoms with Crippen molar-refractivity contribution < 1.29 is 4.79 Å². The van der Waals surface area contributed by atoms with Gasteiger partial charge in [0.1, 0.15) is 5.15 Å². The highest BCUT2D eigenvalue weighted by molar-refractivity contribution is 6.29. The number of nitrogens with two attached hydrogens (primary N) is 1. The molecule has 0 aliphatic carbocycles. The molecule has 8 heteroatoms. The van der Waals surface area contributed by atoms with Gasteiger partial charge in [0.05, 0.1) is 5.52 Å². The molecule has 21 heavy (non-hydrogen) atoms. The molecular weight excluding hydrogens is 292 g/mol. The summed E-state index contributed by atoms with van der Waals surface area (Å²) in [5.41, 5.74) is 7.87. The second-order valence-electron chi connectivity index (χ2n) is 4.49. The zero-order valence-electron chi connectivity index (χ0n) is 11.0. The number of hydrogen-bond donors (Lipinski definition) is 3. The van der Waals surface area contributed by atoms with Gasteiger partial charge < -0.3 is 5.73 Å². The first-order valence-corrected chi connectivity index (χ1v) is 6.47. The summed E-state index contributed by atoms with van der Waals surface area (Å²) in [6.07, 6.45) is 0. The Morgan fingerprint density at radius 2 is 2.14 bits per heavy atom. The van der Waals surface area contributed by atoms with E-state index in [-0.39, 0.29) is 16.8 Å². The van der Waals surface area contributed by atoms with E-state index < -0.39 is 5.91 Å². The van der Waals surface area contributed by atoms with Gasteiger partial charge in [-0.3, -0.25) is 15.2 Å². The smallest absolute Gasteiger partial charge is 0.279 e. The number of nitrogen functional groups attached to an aromatic ring is 1. The maximum Gasteiger partial charge on any atom is 0.279 e. The number of halogens is 1. The van der Waals surface area contributed by atoms with E-state index in [0.29, 0.717) is 16.8 Å². The number of benzene rings is 1. The van der Waals surface area contributed by atoms with E-state index >= 15 is 0 Å². The minimum absolute atomic E-state index is 0.130. The van der Waals surface area contributed by atoms with Crippen LogP contribution in [-0.4, -0.2) is 26.1 Å². The van der Waals surface area contributed by atoms with E-state index in [2.05, 4.69) is 25.5 Å². The van der Waals surface area contributed by atoms with Gasteiger partial charge in [-0.25, -0.2) is 9.97 Å². The molecule has 0 aliphatic heterocycles. The Balaban J connectivity index is 1.95. The minimum atomic E-state index is -0.437. The second-order valence-corrected chi connectivity index (χ2v) is 4.87. The average Bonchev–Trinajstić information content (AvgIpc) is 2.80. The van der Waals surface area contributed by atoms with Gasteiger partial charge in [0.15, 0.2) is 5.69 Å². The molecule has 1 amide bonds. The van der Waals surface area contributed by atoms with E-state index in [1.807, 2.05) is 0 Å². The highest BCUT2D eigenvalue weighted by atomic mass is 35.5. The molecule has 0 saturated carbocycles. The van der Waals surface area contributed by atoms with E-state index in [1.165, 1.54) is 0 Å². The van der Waals surface area contributed by atoms with Gasteiger partial charge in [0.25, 0.3) is 5.91 Å². The summed E-state index contributed by atoms with van der Waals surface area (Å²) in [7, 11) is 0. The molecule has 2 heterocycles. The molecule has 0 bridgehead atoms. The van der Waals surface area contributed by atoms with Crippen LogP contribution in [0.1, 0.15) is 16.2 Å². The number of nitrogens with zero attached hydrogens (tertiary/aromatic N) is 3. The summed E-state index contributed by atoms with van der Waals surface area (Å²) in [6.45, 7) is 1.76. The second kappa shape index (κ2) is 5.02. The van der Waals surface area contributed by atoms with Crippen LogP contribution in [0, 0.1) is 6.92 Å². The third-order valence-corrected chi connectivity index (χ3v) is 3.04. The van der Waals surface area contributed by atoms with Crippen LogP contribution in [-0.2, 0) is 0 Å². The van der Waals surface area contributed by atoms with Crippen LogP contribution < -0.4 is 11.1 Å². The van der Waals surface area contributed by atoms with E-state index in [0.717, 1.165) is 5.52 Å². The fourth-order valence-electron chi connectivity index (χ4n) is 1.95. The lowest BCUT2D eigenvalue weighted by molar-refractivity contribution is 0.102. The fourth-order valence-corrected chi connectivity index (χ4v) is 2.19. The van der Waals surface area contributed by atoms with Crippen molar-refractivity contribution in [1.82, 2.24) is 20.2 Å². The van der Waals surface area contributed by atoms with E-state index in [9.17, 15) is 4.79 Å². The first-order valence-electron chi connectivity index (χ1n) is 6.09. The Kier molecular flexibility index (Phi) is 3.19. The lowest BCUT2D eigenvalue weighted by Gasteiger charge is -2.03. The van der Waals surface area contributed by atoms with Crippen LogP contribution >= 0.6 is 11.6 Å². The number of carbonyl (C=O) groups excluding carboxylic acids is 1. The Hall–Kier alpha value is -2.67. The van der Waals surface area contributed by atoms with E-state index in [1.54, 1.807) is 31.2 Å². The van der Waals surface area contributed by atoms with Crippen LogP contribution in [0.2, 0.25) is 5.15 Å². The summed E-state index contributed by atoms with van der Waals surface area (Å²) in [5.74, 6) is -0.307. The number of rotatable bonds is 2. The Morgan fingerprint density at radius 1 is 1.33 bits per heavy atom. The van der Waals surface area contributed by atoms with Gasteiger partial charge in [0, 0.05) is 16.8 Å². The Labute approximate surface area is 124 Å². The topological polar surface area (TPSA) is 110 Å². The average molecular weight is 303 g/mol. The highest BCUT2D eigenvalue weighted by Gasteiger charge is 2.16. The Morgan fingerprint density at radius 3 is 2.90 bits per heavy atom. The zero-order chi connectivity index (χ0) is 15.0. The molecule has 2 aromatic heterocycles. The SMILES string of the molecule is Cc1cc(Cl)nc(NC(=O)c2n[nH]c3ccc(N)cc23)n1. The summed E-state index contributed by atoms with van der Waals surface area (Å²) in [5, 5.41) is 10.2. The molecule has 0 aliphatic rings. The number of aromatic amines is 1. The first kappa shape index (κ1) is 13.3. The van der Waals surface area contributed by atoms with Gasteiger partial charge in [0.2, 0.25) is 5.95 Å².